The molecule has 0 bridgehead atoms. The maximum Gasteiger partial charge on any atom is 0.242 e. The third-order valence-corrected chi connectivity index (χ3v) is 2.11. The van der Waals surface area contributed by atoms with Crippen molar-refractivity contribution in [3.05, 3.63) is 28.8 Å². The number of hydrogen-bond acceptors (Lipinski definition) is 1. The third kappa shape index (κ3) is 3.04. The second kappa shape index (κ2) is 4.77. The minimum Gasteiger partial charge on any atom is -0.321 e. The van der Waals surface area contributed by atoms with Crippen LogP contribution in [0.2, 0.25) is 5.02 Å². The van der Waals surface area contributed by atoms with Crippen LogP contribution in [0.15, 0.2) is 12.1 Å². The summed E-state index contributed by atoms with van der Waals surface area (Å²) in [5.41, 5.74) is -0.268. The van der Waals surface area contributed by atoms with Gasteiger partial charge in [0.05, 0.1) is 10.7 Å². The number of carbonyl (C=O) groups excluding carboxylic acids is 1. The third-order valence-electron chi connectivity index (χ3n) is 1.62. The van der Waals surface area contributed by atoms with E-state index in [1.165, 1.54) is 6.92 Å². The zero-order valence-corrected chi connectivity index (χ0v) is 9.16. The van der Waals surface area contributed by atoms with E-state index in [1.54, 1.807) is 0 Å². The molecule has 15 heavy (non-hydrogen) atoms. The fourth-order valence-electron chi connectivity index (χ4n) is 0.884. The average Bonchev–Trinajstić information content (AvgIpc) is 2.10. The Kier molecular flexibility index (Phi) is 3.88. The molecular formula is C9H7Cl2F2NO. The average molecular weight is 254 g/mol. The first kappa shape index (κ1) is 12.2. The van der Waals surface area contributed by atoms with Gasteiger partial charge in [0.25, 0.3) is 0 Å². The second-order valence-corrected chi connectivity index (χ2v) is 3.91. The maximum atomic E-state index is 13.2. The predicted molar refractivity (Wildman–Crippen MR) is 55.3 cm³/mol. The van der Waals surface area contributed by atoms with Crippen LogP contribution in [-0.4, -0.2) is 11.3 Å². The highest BCUT2D eigenvalue weighted by Gasteiger charge is 2.15. The number of carbonyl (C=O) groups is 1. The van der Waals surface area contributed by atoms with Crippen molar-refractivity contribution in [2.24, 2.45) is 0 Å². The van der Waals surface area contributed by atoms with Gasteiger partial charge in [-0.05, 0) is 13.0 Å². The summed E-state index contributed by atoms with van der Waals surface area (Å²) in [5, 5.41) is 1.12. The largest absolute Gasteiger partial charge is 0.321 e. The van der Waals surface area contributed by atoms with Crippen molar-refractivity contribution in [1.29, 1.82) is 0 Å². The molecule has 2 nitrogen and oxygen atoms in total. The highest BCUT2D eigenvalue weighted by Crippen LogP contribution is 2.26. The molecule has 1 N–H and O–H groups in total. The number of anilines is 1. The minimum absolute atomic E-state index is 0.210. The maximum absolute atomic E-state index is 13.2. The lowest BCUT2D eigenvalue weighted by molar-refractivity contribution is -0.115. The molecule has 0 saturated carbocycles. The number of benzene rings is 1. The van der Waals surface area contributed by atoms with Gasteiger partial charge in [0, 0.05) is 6.07 Å². The van der Waals surface area contributed by atoms with Gasteiger partial charge in [0.2, 0.25) is 5.91 Å². The van der Waals surface area contributed by atoms with Crippen molar-refractivity contribution in [1.82, 2.24) is 0 Å². The first-order valence-electron chi connectivity index (χ1n) is 4.01. The van der Waals surface area contributed by atoms with E-state index in [-0.39, 0.29) is 10.7 Å². The minimum atomic E-state index is -0.939. The van der Waals surface area contributed by atoms with Gasteiger partial charge in [0.1, 0.15) is 11.2 Å². The lowest BCUT2D eigenvalue weighted by atomic mass is 10.3. The van der Waals surface area contributed by atoms with E-state index in [0.717, 1.165) is 6.07 Å². The number of halogens is 4. The highest BCUT2D eigenvalue weighted by molar-refractivity contribution is 6.35. The van der Waals surface area contributed by atoms with Gasteiger partial charge in [-0.25, -0.2) is 8.78 Å². The van der Waals surface area contributed by atoms with Crippen molar-refractivity contribution in [3.8, 4) is 0 Å². The predicted octanol–water partition coefficient (Wildman–Crippen LogP) is 3.18. The summed E-state index contributed by atoms with van der Waals surface area (Å²) in [7, 11) is 0. The number of amides is 1. The summed E-state index contributed by atoms with van der Waals surface area (Å²) in [6.07, 6.45) is 0. The Morgan fingerprint density at radius 2 is 2.07 bits per heavy atom. The van der Waals surface area contributed by atoms with Gasteiger partial charge < -0.3 is 5.32 Å². The van der Waals surface area contributed by atoms with Gasteiger partial charge in [0.15, 0.2) is 5.82 Å². The summed E-state index contributed by atoms with van der Waals surface area (Å²) >= 11 is 11.0. The molecule has 0 aliphatic carbocycles. The molecule has 0 aromatic heterocycles. The fourth-order valence-corrected chi connectivity index (χ4v) is 1.18. The van der Waals surface area contributed by atoms with E-state index < -0.39 is 22.9 Å². The molecule has 6 heteroatoms. The van der Waals surface area contributed by atoms with Crippen LogP contribution in [0.3, 0.4) is 0 Å². The zero-order chi connectivity index (χ0) is 11.6. The lowest BCUT2D eigenvalue weighted by Gasteiger charge is -2.09. The topological polar surface area (TPSA) is 29.1 Å². The Morgan fingerprint density at radius 1 is 1.47 bits per heavy atom. The van der Waals surface area contributed by atoms with Crippen LogP contribution in [0.25, 0.3) is 0 Å². The normalized spacial score (nSPS) is 12.3. The number of rotatable bonds is 2. The first-order chi connectivity index (χ1) is 6.91. The van der Waals surface area contributed by atoms with E-state index >= 15 is 0 Å². The highest BCUT2D eigenvalue weighted by atomic mass is 35.5. The summed E-state index contributed by atoms with van der Waals surface area (Å²) in [4.78, 5) is 11.1. The van der Waals surface area contributed by atoms with Crippen LogP contribution in [0, 0.1) is 11.6 Å². The lowest BCUT2D eigenvalue weighted by Crippen LogP contribution is -2.21. The molecular weight excluding hydrogens is 247 g/mol. The molecule has 1 rings (SSSR count). The molecule has 0 saturated heterocycles. The van der Waals surface area contributed by atoms with Crippen LogP contribution in [0.1, 0.15) is 6.92 Å². The first-order valence-corrected chi connectivity index (χ1v) is 4.82. The van der Waals surface area contributed by atoms with Crippen molar-refractivity contribution < 1.29 is 13.6 Å². The van der Waals surface area contributed by atoms with E-state index in [2.05, 4.69) is 5.32 Å². The summed E-state index contributed by atoms with van der Waals surface area (Å²) < 4.78 is 25.8. The molecule has 82 valence electrons. The van der Waals surface area contributed by atoms with Gasteiger partial charge in [-0.15, -0.1) is 11.6 Å². The van der Waals surface area contributed by atoms with E-state index in [4.69, 9.17) is 23.2 Å². The van der Waals surface area contributed by atoms with Crippen molar-refractivity contribution in [3.63, 3.8) is 0 Å². The molecule has 0 aliphatic rings. The molecule has 1 aromatic carbocycles. The van der Waals surface area contributed by atoms with Gasteiger partial charge in [-0.3, -0.25) is 4.79 Å². The summed E-state index contributed by atoms with van der Waals surface area (Å²) in [6.45, 7) is 1.42. The Labute approximate surface area is 95.2 Å². The quantitative estimate of drug-likeness (QED) is 0.807. The molecule has 0 aliphatic heterocycles. The van der Waals surface area contributed by atoms with Gasteiger partial charge >= 0.3 is 0 Å². The Morgan fingerprint density at radius 3 is 2.53 bits per heavy atom. The van der Waals surface area contributed by atoms with Crippen LogP contribution in [-0.2, 0) is 4.79 Å². The molecule has 1 atom stereocenters. The van der Waals surface area contributed by atoms with Crippen molar-refractivity contribution in [2.45, 2.75) is 12.3 Å². The molecule has 0 radical (unpaired) electrons. The second-order valence-electron chi connectivity index (χ2n) is 2.85. The Bertz CT molecular complexity index is 373. The summed E-state index contributed by atoms with van der Waals surface area (Å²) in [5.74, 6) is -2.36. The van der Waals surface area contributed by atoms with Crippen molar-refractivity contribution >= 4 is 34.8 Å². The van der Waals surface area contributed by atoms with E-state index in [9.17, 15) is 13.6 Å². The number of alkyl halides is 1. The fraction of sp³-hybridized carbons (Fsp3) is 0.222. The van der Waals surface area contributed by atoms with Crippen LogP contribution >= 0.6 is 23.2 Å². The molecule has 0 fully saturated rings. The molecule has 1 unspecified atom stereocenters. The number of hydrogen-bond donors (Lipinski definition) is 1. The van der Waals surface area contributed by atoms with Crippen LogP contribution < -0.4 is 5.32 Å². The smallest absolute Gasteiger partial charge is 0.242 e. The monoisotopic (exact) mass is 253 g/mol. The standard InChI is InChI=1S/C9H7Cl2F2NO/c1-4(10)9(15)14-8-6(11)2-5(12)3-7(8)13/h2-4H,1H3,(H,14,15). The van der Waals surface area contributed by atoms with E-state index in [0.29, 0.717) is 6.07 Å². The molecule has 1 amide bonds. The number of nitrogens with one attached hydrogen (secondary N) is 1. The zero-order valence-electron chi connectivity index (χ0n) is 7.65. The van der Waals surface area contributed by atoms with Gasteiger partial charge in [-0.1, -0.05) is 11.6 Å². The van der Waals surface area contributed by atoms with E-state index in [1.807, 2.05) is 0 Å². The SMILES string of the molecule is CC(Cl)C(=O)Nc1c(F)cc(F)cc1Cl. The Hall–Kier alpha value is -0.870. The summed E-state index contributed by atoms with van der Waals surface area (Å²) in [6, 6.07) is 1.53. The molecule has 1 aromatic rings. The molecule has 0 spiro atoms. The van der Waals surface area contributed by atoms with Gasteiger partial charge in [-0.2, -0.15) is 0 Å². The van der Waals surface area contributed by atoms with Crippen LogP contribution in [0.4, 0.5) is 14.5 Å². The molecule has 0 heterocycles. The Balaban J connectivity index is 3.00. The van der Waals surface area contributed by atoms with Crippen LogP contribution in [0.5, 0.6) is 0 Å². The van der Waals surface area contributed by atoms with Crippen molar-refractivity contribution in [2.75, 3.05) is 5.32 Å².